The average molecular weight is 258 g/mol. The van der Waals surface area contributed by atoms with Crippen molar-refractivity contribution in [2.24, 2.45) is 0 Å². The van der Waals surface area contributed by atoms with Crippen molar-refractivity contribution in [3.05, 3.63) is 36.0 Å². The number of nitrogen functional groups attached to an aromatic ring is 1. The highest BCUT2D eigenvalue weighted by atomic mass is 16.5. The number of para-hydroxylation sites is 1. The summed E-state index contributed by atoms with van der Waals surface area (Å²) in [5.41, 5.74) is 7.60. The van der Waals surface area contributed by atoms with Crippen molar-refractivity contribution in [1.29, 1.82) is 0 Å². The molecular formula is C13H14N4O2. The van der Waals surface area contributed by atoms with Gasteiger partial charge in [-0.15, -0.1) is 0 Å². The van der Waals surface area contributed by atoms with E-state index in [9.17, 15) is 0 Å². The van der Waals surface area contributed by atoms with E-state index in [-0.39, 0.29) is 0 Å². The van der Waals surface area contributed by atoms with E-state index in [1.54, 1.807) is 13.3 Å². The Morgan fingerprint density at radius 3 is 2.95 bits per heavy atom. The topological polar surface area (TPSA) is 79.1 Å². The number of methoxy groups -OCH3 is 1. The Balaban J connectivity index is 2.10. The smallest absolute Gasteiger partial charge is 0.214 e. The number of rotatable bonds is 3. The Morgan fingerprint density at radius 1 is 1.42 bits per heavy atom. The van der Waals surface area contributed by atoms with Gasteiger partial charge in [0, 0.05) is 0 Å². The predicted molar refractivity (Wildman–Crippen MR) is 71.0 cm³/mol. The molecule has 98 valence electrons. The molecular weight excluding hydrogens is 244 g/mol. The Hall–Kier alpha value is -2.50. The Kier molecular flexibility index (Phi) is 2.63. The molecule has 0 bridgehead atoms. The summed E-state index contributed by atoms with van der Waals surface area (Å²) in [5, 5.41) is 0. The van der Waals surface area contributed by atoms with E-state index in [1.807, 2.05) is 29.7 Å². The lowest BCUT2D eigenvalue weighted by Gasteiger charge is -2.04. The molecule has 0 amide bonds. The van der Waals surface area contributed by atoms with E-state index >= 15 is 0 Å². The molecule has 3 aromatic rings. The zero-order valence-corrected chi connectivity index (χ0v) is 10.8. The summed E-state index contributed by atoms with van der Waals surface area (Å²) < 4.78 is 12.6. The third-order valence-electron chi connectivity index (χ3n) is 2.95. The Labute approximate surface area is 109 Å². The average Bonchev–Trinajstić information content (AvgIpc) is 2.94. The second kappa shape index (κ2) is 4.31. The molecule has 0 fully saturated rings. The fourth-order valence-corrected chi connectivity index (χ4v) is 2.08. The summed E-state index contributed by atoms with van der Waals surface area (Å²) in [6.45, 7) is 2.30. The van der Waals surface area contributed by atoms with Gasteiger partial charge in [-0.05, 0) is 19.1 Å². The first kappa shape index (κ1) is 11.6. The van der Waals surface area contributed by atoms with Crippen LogP contribution in [0.5, 0.6) is 5.75 Å². The summed E-state index contributed by atoms with van der Waals surface area (Å²) in [5.74, 6) is 2.49. The summed E-state index contributed by atoms with van der Waals surface area (Å²) in [7, 11) is 1.61. The van der Waals surface area contributed by atoms with Crippen LogP contribution in [0.4, 0.5) is 5.95 Å². The van der Waals surface area contributed by atoms with Gasteiger partial charge in [0.1, 0.15) is 23.6 Å². The number of fused-ring (bicyclic) bond motifs is 1. The van der Waals surface area contributed by atoms with Gasteiger partial charge in [0.25, 0.3) is 0 Å². The van der Waals surface area contributed by atoms with Gasteiger partial charge in [0.15, 0.2) is 0 Å². The van der Waals surface area contributed by atoms with Crippen molar-refractivity contribution in [2.45, 2.75) is 13.5 Å². The first-order valence-electron chi connectivity index (χ1n) is 5.89. The van der Waals surface area contributed by atoms with Gasteiger partial charge in [0.05, 0.1) is 18.8 Å². The van der Waals surface area contributed by atoms with Gasteiger partial charge in [-0.3, -0.25) is 0 Å². The molecule has 3 rings (SSSR count). The van der Waals surface area contributed by atoms with Crippen molar-refractivity contribution in [1.82, 2.24) is 14.5 Å². The lowest BCUT2D eigenvalue weighted by atomic mass is 10.3. The molecule has 2 N–H and O–H groups in total. The maximum atomic E-state index is 5.96. The largest absolute Gasteiger partial charge is 0.494 e. The van der Waals surface area contributed by atoms with Gasteiger partial charge < -0.3 is 19.5 Å². The number of aromatic nitrogens is 3. The van der Waals surface area contributed by atoms with Gasteiger partial charge in [-0.1, -0.05) is 6.07 Å². The molecule has 6 nitrogen and oxygen atoms in total. The number of nitrogens with zero attached hydrogens (tertiary/aromatic N) is 3. The molecule has 0 aliphatic rings. The summed E-state index contributed by atoms with van der Waals surface area (Å²) in [6.07, 6.45) is 1.69. The van der Waals surface area contributed by atoms with Gasteiger partial charge >= 0.3 is 0 Å². The minimum Gasteiger partial charge on any atom is -0.494 e. The standard InChI is InChI=1S/C13H14N4O2/c1-8-6-15-11(19-8)7-17-9-4-3-5-10(18-2)12(9)16-13(17)14/h3-6H,7H2,1-2H3,(H2,14,16). The van der Waals surface area contributed by atoms with Crippen LogP contribution in [0.15, 0.2) is 28.8 Å². The second-order valence-electron chi connectivity index (χ2n) is 4.25. The molecule has 0 aliphatic carbocycles. The summed E-state index contributed by atoms with van der Waals surface area (Å²) in [4.78, 5) is 8.51. The molecule has 1 aromatic carbocycles. The van der Waals surface area contributed by atoms with Crippen molar-refractivity contribution >= 4 is 17.0 Å². The third kappa shape index (κ3) is 1.91. The molecule has 0 radical (unpaired) electrons. The van der Waals surface area contributed by atoms with Crippen LogP contribution < -0.4 is 10.5 Å². The number of oxazole rings is 1. The zero-order chi connectivity index (χ0) is 13.4. The fourth-order valence-electron chi connectivity index (χ4n) is 2.08. The van der Waals surface area contributed by atoms with E-state index in [1.165, 1.54) is 0 Å². The Bertz CT molecular complexity index is 729. The molecule has 0 aliphatic heterocycles. The van der Waals surface area contributed by atoms with Gasteiger partial charge in [0.2, 0.25) is 11.8 Å². The molecule has 19 heavy (non-hydrogen) atoms. The summed E-state index contributed by atoms with van der Waals surface area (Å²) >= 11 is 0. The highest BCUT2D eigenvalue weighted by molar-refractivity contribution is 5.84. The quantitative estimate of drug-likeness (QED) is 0.777. The number of aryl methyl sites for hydroxylation is 1. The van der Waals surface area contributed by atoms with E-state index in [2.05, 4.69) is 9.97 Å². The van der Waals surface area contributed by atoms with E-state index < -0.39 is 0 Å². The number of ether oxygens (including phenoxy) is 1. The number of imidazole rings is 1. The molecule has 0 saturated carbocycles. The molecule has 0 spiro atoms. The molecule has 6 heteroatoms. The molecule has 2 aromatic heterocycles. The van der Waals surface area contributed by atoms with Crippen molar-refractivity contribution in [2.75, 3.05) is 12.8 Å². The fraction of sp³-hybridized carbons (Fsp3) is 0.231. The van der Waals surface area contributed by atoms with Crippen molar-refractivity contribution in [3.63, 3.8) is 0 Å². The monoisotopic (exact) mass is 258 g/mol. The van der Waals surface area contributed by atoms with Crippen LogP contribution >= 0.6 is 0 Å². The van der Waals surface area contributed by atoms with Crippen LogP contribution in [-0.4, -0.2) is 21.6 Å². The van der Waals surface area contributed by atoms with Crippen LogP contribution in [0.3, 0.4) is 0 Å². The molecule has 0 atom stereocenters. The SMILES string of the molecule is COc1cccc2c1nc(N)n2Cc1ncc(C)o1. The lowest BCUT2D eigenvalue weighted by Crippen LogP contribution is -2.04. The van der Waals surface area contributed by atoms with Crippen LogP contribution in [-0.2, 0) is 6.54 Å². The van der Waals surface area contributed by atoms with Crippen LogP contribution in [0.2, 0.25) is 0 Å². The van der Waals surface area contributed by atoms with Crippen LogP contribution in [0, 0.1) is 6.92 Å². The minimum absolute atomic E-state index is 0.412. The normalized spacial score (nSPS) is 11.1. The van der Waals surface area contributed by atoms with E-state index in [0.29, 0.717) is 24.1 Å². The first-order valence-corrected chi connectivity index (χ1v) is 5.89. The number of hydrogen-bond acceptors (Lipinski definition) is 5. The number of benzene rings is 1. The van der Waals surface area contributed by atoms with Crippen molar-refractivity contribution < 1.29 is 9.15 Å². The molecule has 0 saturated heterocycles. The highest BCUT2D eigenvalue weighted by Crippen LogP contribution is 2.27. The zero-order valence-electron chi connectivity index (χ0n) is 10.8. The third-order valence-corrected chi connectivity index (χ3v) is 2.95. The number of nitrogens with two attached hydrogens (primary N) is 1. The predicted octanol–water partition coefficient (Wildman–Crippen LogP) is 1.97. The molecule has 0 unspecified atom stereocenters. The van der Waals surface area contributed by atoms with Crippen LogP contribution in [0.25, 0.3) is 11.0 Å². The van der Waals surface area contributed by atoms with E-state index in [0.717, 1.165) is 16.8 Å². The van der Waals surface area contributed by atoms with Gasteiger partial charge in [-0.25, -0.2) is 9.97 Å². The van der Waals surface area contributed by atoms with E-state index in [4.69, 9.17) is 14.9 Å². The minimum atomic E-state index is 0.412. The lowest BCUT2D eigenvalue weighted by molar-refractivity contribution is 0.419. The van der Waals surface area contributed by atoms with Crippen molar-refractivity contribution in [3.8, 4) is 5.75 Å². The molecule has 2 heterocycles. The second-order valence-corrected chi connectivity index (χ2v) is 4.25. The highest BCUT2D eigenvalue weighted by Gasteiger charge is 2.13. The summed E-state index contributed by atoms with van der Waals surface area (Å²) in [6, 6.07) is 5.70. The maximum absolute atomic E-state index is 5.96. The number of hydrogen-bond donors (Lipinski definition) is 1. The number of anilines is 1. The van der Waals surface area contributed by atoms with Gasteiger partial charge in [-0.2, -0.15) is 0 Å². The Morgan fingerprint density at radius 2 is 2.26 bits per heavy atom. The van der Waals surface area contributed by atoms with Crippen LogP contribution in [0.1, 0.15) is 11.7 Å². The maximum Gasteiger partial charge on any atom is 0.214 e. The first-order chi connectivity index (χ1) is 9.19.